The van der Waals surface area contributed by atoms with E-state index >= 15 is 0 Å². The molecule has 0 N–H and O–H groups in total. The Hall–Kier alpha value is -1.91. The highest BCUT2D eigenvalue weighted by Gasteiger charge is 2.49. The summed E-state index contributed by atoms with van der Waals surface area (Å²) in [6.07, 6.45) is 3.78. The molecule has 0 saturated heterocycles. The summed E-state index contributed by atoms with van der Waals surface area (Å²) < 4.78 is 12.2. The molecule has 0 spiro atoms. The highest BCUT2D eigenvalue weighted by atomic mass is 28.4. The van der Waals surface area contributed by atoms with Crippen molar-refractivity contribution in [3.05, 3.63) is 67.1 Å². The molecular weight excluding hydrogens is 388 g/mol. The minimum atomic E-state index is -2.46. The van der Waals surface area contributed by atoms with E-state index in [1.54, 1.807) is 0 Å². The summed E-state index contributed by atoms with van der Waals surface area (Å²) in [7, 11) is -2.46. The Morgan fingerprint density at radius 3 is 1.80 bits per heavy atom. The third-order valence-electron chi connectivity index (χ3n) is 5.23. The Bertz CT molecular complexity index is 734. The molecule has 0 fully saturated rings. The van der Waals surface area contributed by atoms with Gasteiger partial charge in [-0.2, -0.15) is 0 Å². The first kappa shape index (κ1) is 24.4. The largest absolute Gasteiger partial charge is 0.465 e. The Labute approximate surface area is 183 Å². The van der Waals surface area contributed by atoms with Crippen molar-refractivity contribution < 1.29 is 14.0 Å². The van der Waals surface area contributed by atoms with Crippen LogP contribution in [0.1, 0.15) is 54.4 Å². The number of esters is 1. The molecule has 1 radical (unpaired) electrons. The van der Waals surface area contributed by atoms with Crippen molar-refractivity contribution in [1.29, 1.82) is 0 Å². The van der Waals surface area contributed by atoms with Crippen LogP contribution in [-0.2, 0) is 14.0 Å². The third kappa shape index (κ3) is 6.05. The van der Waals surface area contributed by atoms with Crippen LogP contribution < -0.4 is 10.4 Å². The van der Waals surface area contributed by atoms with Crippen LogP contribution in [0.5, 0.6) is 0 Å². The monoisotopic (exact) mass is 425 g/mol. The van der Waals surface area contributed by atoms with E-state index in [1.807, 2.05) is 27.2 Å². The minimum absolute atomic E-state index is 0.0122. The van der Waals surface area contributed by atoms with Gasteiger partial charge in [0.15, 0.2) is 0 Å². The van der Waals surface area contributed by atoms with Gasteiger partial charge in [-0.05, 0) is 55.4 Å². The lowest BCUT2D eigenvalue weighted by Crippen LogP contribution is -2.66. The van der Waals surface area contributed by atoms with Crippen LogP contribution in [0.4, 0.5) is 0 Å². The SMILES string of the molecule is CC(C)(C)C(=O)OC[CH]CCCO[Si](c1ccccc1)(c1ccccc1)C(C)(C)C. The zero-order valence-corrected chi connectivity index (χ0v) is 20.4. The van der Waals surface area contributed by atoms with Crippen molar-refractivity contribution in [2.75, 3.05) is 13.2 Å². The van der Waals surface area contributed by atoms with E-state index in [9.17, 15) is 4.79 Å². The van der Waals surface area contributed by atoms with E-state index in [-0.39, 0.29) is 11.0 Å². The summed E-state index contributed by atoms with van der Waals surface area (Å²) in [6, 6.07) is 21.4. The molecule has 2 rings (SSSR count). The number of carbonyl (C=O) groups is 1. The zero-order valence-electron chi connectivity index (χ0n) is 19.4. The van der Waals surface area contributed by atoms with Gasteiger partial charge in [-0.25, -0.2) is 0 Å². The second kappa shape index (κ2) is 10.4. The van der Waals surface area contributed by atoms with Crippen molar-refractivity contribution in [1.82, 2.24) is 0 Å². The van der Waals surface area contributed by atoms with E-state index in [0.717, 1.165) is 12.8 Å². The summed E-state index contributed by atoms with van der Waals surface area (Å²) in [5, 5.41) is 2.58. The average molecular weight is 426 g/mol. The Morgan fingerprint density at radius 2 is 1.37 bits per heavy atom. The first-order chi connectivity index (χ1) is 14.1. The topological polar surface area (TPSA) is 35.5 Å². The number of unbranched alkanes of at least 4 members (excludes halogenated alkanes) is 2. The molecule has 2 aromatic rings. The van der Waals surface area contributed by atoms with Gasteiger partial charge in [0.25, 0.3) is 8.32 Å². The van der Waals surface area contributed by atoms with Gasteiger partial charge in [0.2, 0.25) is 0 Å². The zero-order chi connectivity index (χ0) is 22.3. The second-order valence-corrected chi connectivity index (χ2v) is 14.1. The van der Waals surface area contributed by atoms with Gasteiger partial charge < -0.3 is 9.16 Å². The number of hydrogen-bond donors (Lipinski definition) is 0. The molecule has 2 aromatic carbocycles. The second-order valence-electron chi connectivity index (χ2n) is 9.79. The number of carbonyl (C=O) groups excluding carboxylic acids is 1. The van der Waals surface area contributed by atoms with E-state index in [4.69, 9.17) is 9.16 Å². The van der Waals surface area contributed by atoms with Crippen LogP contribution in [-0.4, -0.2) is 27.5 Å². The van der Waals surface area contributed by atoms with Crippen molar-refractivity contribution >= 4 is 24.7 Å². The Balaban J connectivity index is 2.06. The van der Waals surface area contributed by atoms with Gasteiger partial charge in [-0.3, -0.25) is 4.79 Å². The number of ether oxygens (including phenoxy) is 1. The maximum atomic E-state index is 11.8. The fraction of sp³-hybridized carbons (Fsp3) is 0.462. The van der Waals surface area contributed by atoms with Gasteiger partial charge in [-0.1, -0.05) is 81.4 Å². The molecule has 0 aliphatic carbocycles. The smallest absolute Gasteiger partial charge is 0.311 e. The van der Waals surface area contributed by atoms with Crippen LogP contribution in [0, 0.1) is 11.8 Å². The molecule has 3 nitrogen and oxygen atoms in total. The first-order valence-electron chi connectivity index (χ1n) is 10.8. The van der Waals surface area contributed by atoms with Gasteiger partial charge in [-0.15, -0.1) is 0 Å². The molecule has 30 heavy (non-hydrogen) atoms. The van der Waals surface area contributed by atoms with E-state index in [2.05, 4.69) is 81.4 Å². The molecular formula is C26H37O3Si. The molecule has 0 heterocycles. The molecule has 0 amide bonds. The van der Waals surface area contributed by atoms with Crippen LogP contribution >= 0.6 is 0 Å². The molecule has 0 bridgehead atoms. The minimum Gasteiger partial charge on any atom is -0.465 e. The summed E-state index contributed by atoms with van der Waals surface area (Å²) in [5.74, 6) is -0.165. The maximum Gasteiger partial charge on any atom is 0.311 e. The van der Waals surface area contributed by atoms with E-state index in [0.29, 0.717) is 13.2 Å². The average Bonchev–Trinajstić information content (AvgIpc) is 2.69. The standard InChI is InChI=1S/C26H37O3Si/c1-25(2,3)24(27)28-20-14-9-15-21-29-30(26(4,5)6,22-16-10-7-11-17-22)23-18-12-8-13-19-23/h7-8,10-14,16-19H,9,15,20-21H2,1-6H3. The van der Waals surface area contributed by atoms with Gasteiger partial charge >= 0.3 is 5.97 Å². The maximum absolute atomic E-state index is 11.8. The first-order valence-corrected chi connectivity index (χ1v) is 12.7. The number of hydrogen-bond acceptors (Lipinski definition) is 3. The fourth-order valence-electron chi connectivity index (χ4n) is 3.65. The number of benzene rings is 2. The molecule has 163 valence electrons. The van der Waals surface area contributed by atoms with Crippen molar-refractivity contribution in [2.24, 2.45) is 5.41 Å². The van der Waals surface area contributed by atoms with Crippen molar-refractivity contribution in [2.45, 2.75) is 59.4 Å². The lowest BCUT2D eigenvalue weighted by molar-refractivity contribution is -0.152. The molecule has 0 aliphatic rings. The molecule has 4 heteroatoms. The van der Waals surface area contributed by atoms with Crippen molar-refractivity contribution in [3.63, 3.8) is 0 Å². The predicted octanol–water partition coefficient (Wildman–Crippen LogP) is 5.14. The molecule has 0 unspecified atom stereocenters. The summed E-state index contributed by atoms with van der Waals surface area (Å²) in [4.78, 5) is 11.8. The van der Waals surface area contributed by atoms with Crippen LogP contribution in [0.15, 0.2) is 60.7 Å². The van der Waals surface area contributed by atoms with Crippen LogP contribution in [0.2, 0.25) is 5.04 Å². The third-order valence-corrected chi connectivity index (χ3v) is 10.3. The highest BCUT2D eigenvalue weighted by Crippen LogP contribution is 2.36. The highest BCUT2D eigenvalue weighted by molar-refractivity contribution is 6.99. The quantitative estimate of drug-likeness (QED) is 0.317. The van der Waals surface area contributed by atoms with Crippen molar-refractivity contribution in [3.8, 4) is 0 Å². The molecule has 0 aromatic heterocycles. The summed E-state index contributed by atoms with van der Waals surface area (Å²) in [6.45, 7) is 13.5. The molecule has 0 saturated carbocycles. The fourth-order valence-corrected chi connectivity index (χ4v) is 8.25. The molecule has 0 aliphatic heterocycles. The van der Waals surface area contributed by atoms with E-state index in [1.165, 1.54) is 10.4 Å². The number of rotatable bonds is 9. The van der Waals surface area contributed by atoms with Gasteiger partial charge in [0.05, 0.1) is 12.0 Å². The normalized spacial score (nSPS) is 12.6. The summed E-state index contributed by atoms with van der Waals surface area (Å²) >= 11 is 0. The molecule has 0 atom stereocenters. The van der Waals surface area contributed by atoms with Gasteiger partial charge in [0.1, 0.15) is 0 Å². The van der Waals surface area contributed by atoms with Crippen LogP contribution in [0.3, 0.4) is 0 Å². The Morgan fingerprint density at radius 1 is 0.867 bits per heavy atom. The lowest BCUT2D eigenvalue weighted by atomic mass is 9.97. The van der Waals surface area contributed by atoms with Crippen LogP contribution in [0.25, 0.3) is 0 Å². The summed E-state index contributed by atoms with van der Waals surface area (Å²) in [5.41, 5.74) is -0.458. The van der Waals surface area contributed by atoms with E-state index < -0.39 is 13.7 Å². The Kier molecular flexibility index (Phi) is 8.45. The predicted molar refractivity (Wildman–Crippen MR) is 128 cm³/mol. The van der Waals surface area contributed by atoms with Gasteiger partial charge in [0, 0.05) is 6.61 Å². The lowest BCUT2D eigenvalue weighted by Gasteiger charge is -2.43.